The van der Waals surface area contributed by atoms with Crippen LogP contribution in [0.5, 0.6) is 0 Å². The van der Waals surface area contributed by atoms with Crippen LogP contribution in [0, 0.1) is 0 Å². The molecule has 0 saturated carbocycles. The number of nitrogens with one attached hydrogen (secondary N) is 2. The number of aliphatic hydroxyl groups is 4. The molecule has 0 fully saturated rings. The molecule has 2 amide bonds. The largest absolute Gasteiger partial charge is 0.378 e. The smallest absolute Gasteiger partial charge is 0.232 e. The summed E-state index contributed by atoms with van der Waals surface area (Å²) in [6, 6.07) is 0. The van der Waals surface area contributed by atoms with Crippen molar-refractivity contribution in [3.63, 3.8) is 0 Å². The van der Waals surface area contributed by atoms with Crippen molar-refractivity contribution in [3.05, 3.63) is 0 Å². The average molecular weight is 871 g/mol. The molecule has 0 bridgehead atoms. The Labute approximate surface area is 376 Å². The molecule has 0 aliphatic carbocycles. The van der Waals surface area contributed by atoms with Gasteiger partial charge in [0.25, 0.3) is 0 Å². The van der Waals surface area contributed by atoms with E-state index in [1.54, 1.807) is 4.90 Å². The highest BCUT2D eigenvalue weighted by Gasteiger charge is 2.20. The normalized spacial score (nSPS) is 13.8. The molecular formula is C49H102N6O6. The fraction of sp³-hybridized carbons (Fsp3) is 0.959. The summed E-state index contributed by atoms with van der Waals surface area (Å²) in [5.41, 5.74) is 0. The van der Waals surface area contributed by atoms with E-state index in [1.165, 1.54) is 70.6 Å². The highest BCUT2D eigenvalue weighted by molar-refractivity contribution is 5.96. The molecule has 0 aromatic heterocycles. The summed E-state index contributed by atoms with van der Waals surface area (Å²) in [5.74, 6) is -0.134. The second-order valence-electron chi connectivity index (χ2n) is 18.2. The van der Waals surface area contributed by atoms with Gasteiger partial charge >= 0.3 is 0 Å². The summed E-state index contributed by atoms with van der Waals surface area (Å²) in [6.45, 7) is 11.8. The lowest BCUT2D eigenvalue weighted by atomic mass is 10.1. The van der Waals surface area contributed by atoms with E-state index in [0.29, 0.717) is 32.5 Å². The lowest BCUT2D eigenvalue weighted by molar-refractivity contribution is -0.140. The highest BCUT2D eigenvalue weighted by atomic mass is 16.3. The monoisotopic (exact) mass is 871 g/mol. The number of carbonyl (C=O) groups is 2. The van der Waals surface area contributed by atoms with Crippen LogP contribution in [-0.2, 0) is 9.59 Å². The third kappa shape index (κ3) is 36.6. The Morgan fingerprint density at radius 2 is 0.721 bits per heavy atom. The lowest BCUT2D eigenvalue weighted by Gasteiger charge is -2.25. The molecule has 4 unspecified atom stereocenters. The quantitative estimate of drug-likeness (QED) is 0.0200. The van der Waals surface area contributed by atoms with E-state index in [0.717, 1.165) is 129 Å². The zero-order valence-electron chi connectivity index (χ0n) is 40.9. The molecule has 12 heteroatoms. The second kappa shape index (κ2) is 42.6. The molecule has 0 aromatic carbocycles. The molecule has 0 aliphatic heterocycles. The maximum atomic E-state index is 13.4. The van der Waals surface area contributed by atoms with Crippen molar-refractivity contribution in [1.82, 2.24) is 30.2 Å². The summed E-state index contributed by atoms with van der Waals surface area (Å²) in [6.07, 6.45) is 27.9. The molecule has 0 aromatic rings. The zero-order valence-corrected chi connectivity index (χ0v) is 40.9. The molecule has 6 N–H and O–H groups in total. The van der Waals surface area contributed by atoms with E-state index in [-0.39, 0.29) is 18.2 Å². The SMILES string of the molecule is CCCCCCCN(C)C(=O)CC(=O)N(CCCCCCCCNC(O)CC(O)N(C)CCCCCCC)CCCCCCCCNC(O)CC(O)N(C)CCCCCCC. The Bertz CT molecular complexity index is 930. The first-order valence-electron chi connectivity index (χ1n) is 25.6. The van der Waals surface area contributed by atoms with Gasteiger partial charge in [-0.25, -0.2) is 0 Å². The third-order valence-corrected chi connectivity index (χ3v) is 12.3. The van der Waals surface area contributed by atoms with Crippen molar-refractivity contribution in [3.8, 4) is 0 Å². The van der Waals surface area contributed by atoms with Gasteiger partial charge in [0.2, 0.25) is 11.8 Å². The van der Waals surface area contributed by atoms with Gasteiger partial charge in [0.1, 0.15) is 31.3 Å². The second-order valence-corrected chi connectivity index (χ2v) is 18.2. The van der Waals surface area contributed by atoms with E-state index in [2.05, 4.69) is 31.4 Å². The van der Waals surface area contributed by atoms with E-state index in [1.807, 2.05) is 35.8 Å². The van der Waals surface area contributed by atoms with Crippen LogP contribution in [0.4, 0.5) is 0 Å². The van der Waals surface area contributed by atoms with Crippen molar-refractivity contribution < 1.29 is 30.0 Å². The van der Waals surface area contributed by atoms with Gasteiger partial charge in [-0.3, -0.25) is 30.0 Å². The van der Waals surface area contributed by atoms with Crippen molar-refractivity contribution in [2.24, 2.45) is 0 Å². The minimum Gasteiger partial charge on any atom is -0.378 e. The van der Waals surface area contributed by atoms with Gasteiger partial charge in [-0.1, -0.05) is 149 Å². The molecule has 0 radical (unpaired) electrons. The molecule has 61 heavy (non-hydrogen) atoms. The Kier molecular flexibility index (Phi) is 41.6. The highest BCUT2D eigenvalue weighted by Crippen LogP contribution is 2.13. The van der Waals surface area contributed by atoms with Crippen molar-refractivity contribution >= 4 is 11.8 Å². The van der Waals surface area contributed by atoms with E-state index in [9.17, 15) is 30.0 Å². The third-order valence-electron chi connectivity index (χ3n) is 12.3. The number of amides is 2. The first-order valence-corrected chi connectivity index (χ1v) is 25.6. The van der Waals surface area contributed by atoms with Gasteiger partial charge in [-0.2, -0.15) is 0 Å². The first kappa shape index (κ1) is 59.6. The van der Waals surface area contributed by atoms with Gasteiger partial charge in [-0.05, 0) is 72.1 Å². The van der Waals surface area contributed by atoms with Gasteiger partial charge in [0.15, 0.2) is 0 Å². The van der Waals surface area contributed by atoms with Crippen LogP contribution < -0.4 is 10.6 Å². The molecule has 4 atom stereocenters. The van der Waals surface area contributed by atoms with Gasteiger partial charge in [-0.15, -0.1) is 0 Å². The Balaban J connectivity index is 4.48. The van der Waals surface area contributed by atoms with Crippen LogP contribution in [0.2, 0.25) is 0 Å². The van der Waals surface area contributed by atoms with Crippen molar-refractivity contribution in [2.75, 3.05) is 67.0 Å². The predicted molar refractivity (Wildman–Crippen MR) is 255 cm³/mol. The Morgan fingerprint density at radius 1 is 0.410 bits per heavy atom. The van der Waals surface area contributed by atoms with Crippen LogP contribution in [0.1, 0.15) is 213 Å². The molecule has 0 rings (SSSR count). The lowest BCUT2D eigenvalue weighted by Crippen LogP contribution is -2.40. The summed E-state index contributed by atoms with van der Waals surface area (Å²) in [4.78, 5) is 33.9. The molecule has 0 aliphatic rings. The van der Waals surface area contributed by atoms with Gasteiger partial charge in [0, 0.05) is 52.6 Å². The summed E-state index contributed by atoms with van der Waals surface area (Å²) in [7, 11) is 5.67. The zero-order chi connectivity index (χ0) is 45.4. The molecule has 0 saturated heterocycles. The van der Waals surface area contributed by atoms with E-state index >= 15 is 0 Å². The van der Waals surface area contributed by atoms with Gasteiger partial charge in [0.05, 0.1) is 0 Å². The Morgan fingerprint density at radius 3 is 1.10 bits per heavy atom. The Hall–Kier alpha value is -1.38. The maximum absolute atomic E-state index is 13.4. The van der Waals surface area contributed by atoms with Crippen molar-refractivity contribution in [1.29, 1.82) is 0 Å². The number of nitrogens with zero attached hydrogens (tertiary/aromatic N) is 4. The average Bonchev–Trinajstić information content (AvgIpc) is 3.23. The van der Waals surface area contributed by atoms with Crippen molar-refractivity contribution in [2.45, 2.75) is 238 Å². The fourth-order valence-electron chi connectivity index (χ4n) is 7.77. The maximum Gasteiger partial charge on any atom is 0.232 e. The number of hydrogen-bond donors (Lipinski definition) is 6. The molecule has 0 heterocycles. The minimum absolute atomic E-state index is 0.0522. The number of rotatable bonds is 46. The number of unbranched alkanes of at least 4 members (excludes halogenated alkanes) is 22. The number of hydrogen-bond acceptors (Lipinski definition) is 10. The topological polar surface area (TPSA) is 152 Å². The first-order chi connectivity index (χ1) is 29.5. The molecule has 12 nitrogen and oxygen atoms in total. The molecular weight excluding hydrogens is 769 g/mol. The van der Waals surface area contributed by atoms with Crippen LogP contribution in [-0.4, -0.2) is 144 Å². The van der Waals surface area contributed by atoms with E-state index in [4.69, 9.17) is 0 Å². The van der Waals surface area contributed by atoms with Crippen LogP contribution >= 0.6 is 0 Å². The fourth-order valence-corrected chi connectivity index (χ4v) is 7.77. The number of aliphatic hydroxyl groups excluding tert-OH is 4. The van der Waals surface area contributed by atoms with Crippen LogP contribution in [0.3, 0.4) is 0 Å². The standard InChI is InChI=1S/C49H102N6O6/c1-7-10-13-22-29-36-52(4)46(58)41-44(56)50-34-27-20-16-18-25-32-39-55(49(61)43-48(60)54(6)38-31-24-15-12-9-3)40-33-26-19-17-21-28-35-51-45(57)42-47(59)53(5)37-30-23-14-11-8-2/h44-47,50-51,56-59H,7-43H2,1-6H3. The minimum atomic E-state index is -0.714. The predicted octanol–water partition coefficient (Wildman–Crippen LogP) is 8.35. The van der Waals surface area contributed by atoms with Gasteiger partial charge < -0.3 is 30.2 Å². The number of carbonyl (C=O) groups excluding carboxylic acids is 2. The molecule has 0 spiro atoms. The summed E-state index contributed by atoms with van der Waals surface area (Å²) >= 11 is 0. The van der Waals surface area contributed by atoms with Crippen LogP contribution in [0.25, 0.3) is 0 Å². The summed E-state index contributed by atoms with van der Waals surface area (Å²) in [5, 5.41) is 48.0. The van der Waals surface area contributed by atoms with E-state index < -0.39 is 24.9 Å². The van der Waals surface area contributed by atoms with Crippen LogP contribution in [0.15, 0.2) is 0 Å². The summed E-state index contributed by atoms with van der Waals surface area (Å²) < 4.78 is 0. The molecule has 364 valence electrons.